The number of aryl methyl sites for hydroxylation is 1. The number of rotatable bonds is 5. The van der Waals surface area contributed by atoms with Crippen LogP contribution < -0.4 is 4.90 Å². The zero-order valence-electron chi connectivity index (χ0n) is 14.9. The van der Waals surface area contributed by atoms with Crippen LogP contribution in [-0.4, -0.2) is 69.5 Å². The summed E-state index contributed by atoms with van der Waals surface area (Å²) >= 11 is 0. The maximum atomic E-state index is 12.4. The lowest BCUT2D eigenvalue weighted by Crippen LogP contribution is -2.59. The molecule has 0 bridgehead atoms. The van der Waals surface area contributed by atoms with E-state index < -0.39 is 9.84 Å². The minimum absolute atomic E-state index is 0.0515. The van der Waals surface area contributed by atoms with Crippen molar-refractivity contribution in [3.05, 3.63) is 36.7 Å². The summed E-state index contributed by atoms with van der Waals surface area (Å²) < 4.78 is 26.9. The third kappa shape index (κ3) is 3.33. The van der Waals surface area contributed by atoms with Gasteiger partial charge >= 0.3 is 0 Å². The molecule has 2 aromatic rings. The molecular weight excluding hydrogens is 352 g/mol. The second-order valence-corrected chi connectivity index (χ2v) is 9.11. The van der Waals surface area contributed by atoms with Crippen molar-refractivity contribution >= 4 is 15.8 Å². The van der Waals surface area contributed by atoms with Crippen molar-refractivity contribution in [2.24, 2.45) is 0 Å². The normalized spacial score (nSPS) is 25.3. The van der Waals surface area contributed by atoms with E-state index in [0.29, 0.717) is 12.5 Å². The van der Waals surface area contributed by atoms with E-state index in [4.69, 9.17) is 0 Å². The van der Waals surface area contributed by atoms with E-state index in [9.17, 15) is 8.42 Å². The molecule has 0 spiro atoms. The van der Waals surface area contributed by atoms with E-state index in [0.717, 1.165) is 31.9 Å². The number of nitrogens with zero attached hydrogens (tertiary/aromatic N) is 6. The Balaban J connectivity index is 1.58. The van der Waals surface area contributed by atoms with Crippen molar-refractivity contribution in [2.45, 2.75) is 38.5 Å². The van der Waals surface area contributed by atoms with Gasteiger partial charge in [-0.05, 0) is 12.5 Å². The molecule has 2 aliphatic rings. The number of hydrogen-bond donors (Lipinski definition) is 0. The molecule has 0 unspecified atom stereocenters. The fourth-order valence-electron chi connectivity index (χ4n) is 4.03. The van der Waals surface area contributed by atoms with Crippen LogP contribution in [0.2, 0.25) is 0 Å². The molecule has 26 heavy (non-hydrogen) atoms. The molecule has 2 aromatic heterocycles. The molecule has 2 fully saturated rings. The van der Waals surface area contributed by atoms with Gasteiger partial charge in [-0.25, -0.2) is 23.4 Å². The van der Waals surface area contributed by atoms with Gasteiger partial charge in [-0.15, -0.1) is 0 Å². The summed E-state index contributed by atoms with van der Waals surface area (Å²) in [5, 5.41) is 0. The first-order valence-electron chi connectivity index (χ1n) is 9.05. The lowest BCUT2D eigenvalue weighted by molar-refractivity contribution is 0.153. The molecule has 2 atom stereocenters. The van der Waals surface area contributed by atoms with Crippen LogP contribution in [-0.2, 0) is 22.9 Å². The zero-order valence-corrected chi connectivity index (χ0v) is 15.7. The topological polar surface area (TPSA) is 84.2 Å². The standard InChI is InChI=1S/C17H24N6O2S/c1-2-7-21-8-6-18-16(21)11-22-9-10-23(17-19-4-3-5-20-17)15-13-26(24,25)12-14(15)22/h3-6,8,14-15H,2,7,9-13H2,1H3/t14-,15+/m0/s1. The van der Waals surface area contributed by atoms with Crippen LogP contribution in [0.5, 0.6) is 0 Å². The highest BCUT2D eigenvalue weighted by Gasteiger charge is 2.47. The van der Waals surface area contributed by atoms with Gasteiger partial charge in [0.15, 0.2) is 9.84 Å². The third-order valence-electron chi connectivity index (χ3n) is 5.21. The molecule has 4 heterocycles. The Labute approximate surface area is 153 Å². The number of imidazole rings is 1. The Bertz CT molecular complexity index is 853. The zero-order chi connectivity index (χ0) is 18.1. The Kier molecular flexibility index (Phi) is 4.66. The SMILES string of the molecule is CCCn1ccnc1CN1CCN(c2ncccn2)[C@@H]2CS(=O)(=O)C[C@@H]21. The van der Waals surface area contributed by atoms with Crippen molar-refractivity contribution in [3.8, 4) is 0 Å². The molecule has 0 amide bonds. The highest BCUT2D eigenvalue weighted by atomic mass is 32.2. The Morgan fingerprint density at radius 2 is 1.85 bits per heavy atom. The highest BCUT2D eigenvalue weighted by Crippen LogP contribution is 2.30. The van der Waals surface area contributed by atoms with Gasteiger partial charge in [0, 0.05) is 50.5 Å². The van der Waals surface area contributed by atoms with E-state index in [2.05, 4.69) is 36.2 Å². The summed E-state index contributed by atoms with van der Waals surface area (Å²) in [4.78, 5) is 17.5. The van der Waals surface area contributed by atoms with Crippen molar-refractivity contribution in [3.63, 3.8) is 0 Å². The van der Waals surface area contributed by atoms with Crippen LogP contribution in [0.4, 0.5) is 5.95 Å². The lowest BCUT2D eigenvalue weighted by Gasteiger charge is -2.43. The fourth-order valence-corrected chi connectivity index (χ4v) is 6.04. The van der Waals surface area contributed by atoms with Crippen LogP contribution in [0.25, 0.3) is 0 Å². The van der Waals surface area contributed by atoms with Gasteiger partial charge in [0.25, 0.3) is 0 Å². The van der Waals surface area contributed by atoms with Gasteiger partial charge in [-0.2, -0.15) is 0 Å². The number of fused-ring (bicyclic) bond motifs is 1. The summed E-state index contributed by atoms with van der Waals surface area (Å²) in [6.45, 7) is 5.23. The van der Waals surface area contributed by atoms with Gasteiger partial charge in [-0.3, -0.25) is 4.90 Å². The first-order valence-corrected chi connectivity index (χ1v) is 10.9. The monoisotopic (exact) mass is 376 g/mol. The molecule has 0 aromatic carbocycles. The molecule has 0 aliphatic carbocycles. The number of sulfone groups is 1. The molecule has 4 rings (SSSR count). The minimum Gasteiger partial charge on any atom is -0.334 e. The van der Waals surface area contributed by atoms with Gasteiger partial charge in [0.05, 0.1) is 24.1 Å². The lowest BCUT2D eigenvalue weighted by atomic mass is 10.1. The summed E-state index contributed by atoms with van der Waals surface area (Å²) in [5.41, 5.74) is 0. The van der Waals surface area contributed by atoms with E-state index in [-0.39, 0.29) is 23.6 Å². The molecular formula is C17H24N6O2S. The number of piperazine rings is 1. The maximum Gasteiger partial charge on any atom is 0.225 e. The van der Waals surface area contributed by atoms with E-state index in [1.54, 1.807) is 18.5 Å². The molecule has 2 saturated heterocycles. The largest absolute Gasteiger partial charge is 0.334 e. The molecule has 0 N–H and O–H groups in total. The van der Waals surface area contributed by atoms with E-state index in [1.807, 2.05) is 12.4 Å². The second kappa shape index (κ2) is 6.96. The quantitative estimate of drug-likeness (QED) is 0.754. The smallest absolute Gasteiger partial charge is 0.225 e. The highest BCUT2D eigenvalue weighted by molar-refractivity contribution is 7.91. The predicted octanol–water partition coefficient (Wildman–Crippen LogP) is 0.571. The molecule has 0 saturated carbocycles. The molecule has 140 valence electrons. The Hall–Kier alpha value is -2.00. The minimum atomic E-state index is -3.07. The van der Waals surface area contributed by atoms with E-state index in [1.165, 1.54) is 0 Å². The van der Waals surface area contributed by atoms with Crippen LogP contribution in [0.3, 0.4) is 0 Å². The van der Waals surface area contributed by atoms with Gasteiger partial charge in [-0.1, -0.05) is 6.92 Å². The van der Waals surface area contributed by atoms with Crippen molar-refractivity contribution in [2.75, 3.05) is 29.5 Å². The summed E-state index contributed by atoms with van der Waals surface area (Å²) in [7, 11) is -3.07. The second-order valence-electron chi connectivity index (χ2n) is 6.96. The average molecular weight is 376 g/mol. The van der Waals surface area contributed by atoms with E-state index >= 15 is 0 Å². The molecule has 0 radical (unpaired) electrons. The summed E-state index contributed by atoms with van der Waals surface area (Å²) in [5.74, 6) is 1.97. The van der Waals surface area contributed by atoms with Crippen LogP contribution >= 0.6 is 0 Å². The van der Waals surface area contributed by atoms with Crippen LogP contribution in [0, 0.1) is 0 Å². The number of anilines is 1. The maximum absolute atomic E-state index is 12.4. The van der Waals surface area contributed by atoms with Crippen molar-refractivity contribution in [1.82, 2.24) is 24.4 Å². The van der Waals surface area contributed by atoms with Gasteiger partial charge < -0.3 is 9.47 Å². The first kappa shape index (κ1) is 17.4. The van der Waals surface area contributed by atoms with Gasteiger partial charge in [0.1, 0.15) is 5.82 Å². The average Bonchev–Trinajstić information content (AvgIpc) is 3.19. The number of hydrogen-bond acceptors (Lipinski definition) is 7. The first-order chi connectivity index (χ1) is 12.6. The van der Waals surface area contributed by atoms with Gasteiger partial charge in [0.2, 0.25) is 5.95 Å². The van der Waals surface area contributed by atoms with Crippen molar-refractivity contribution < 1.29 is 8.42 Å². The van der Waals surface area contributed by atoms with Crippen molar-refractivity contribution in [1.29, 1.82) is 0 Å². The molecule has 2 aliphatic heterocycles. The molecule has 9 heteroatoms. The van der Waals surface area contributed by atoms with Crippen LogP contribution in [0.15, 0.2) is 30.9 Å². The summed E-state index contributed by atoms with van der Waals surface area (Å²) in [6, 6.07) is 1.62. The predicted molar refractivity (Wildman–Crippen MR) is 98.5 cm³/mol. The third-order valence-corrected chi connectivity index (χ3v) is 6.91. The fraction of sp³-hybridized carbons (Fsp3) is 0.588. The Morgan fingerprint density at radius 1 is 1.08 bits per heavy atom. The molecule has 8 nitrogen and oxygen atoms in total. The van der Waals surface area contributed by atoms with Crippen LogP contribution in [0.1, 0.15) is 19.2 Å². The number of aromatic nitrogens is 4. The Morgan fingerprint density at radius 3 is 2.62 bits per heavy atom. The summed E-state index contributed by atoms with van der Waals surface area (Å²) in [6.07, 6.45) is 8.27.